The topological polar surface area (TPSA) is 221 Å². The van der Waals surface area contributed by atoms with E-state index in [4.69, 9.17) is 19.9 Å². The smallest absolute Gasteiger partial charge is 0.399 e. The van der Waals surface area contributed by atoms with Crippen molar-refractivity contribution in [1.82, 2.24) is 20.9 Å². The molecule has 1 aromatic heterocycles. The lowest BCUT2D eigenvalue weighted by Crippen LogP contribution is -2.58. The van der Waals surface area contributed by atoms with Gasteiger partial charge < -0.3 is 40.8 Å². The van der Waals surface area contributed by atoms with Crippen molar-refractivity contribution < 1.29 is 51.5 Å². The number of hydrogen-bond acceptors (Lipinski definition) is 7. The first-order valence-corrected chi connectivity index (χ1v) is 17.8. The highest BCUT2D eigenvalue weighted by molar-refractivity contribution is 7.52. The summed E-state index contributed by atoms with van der Waals surface area (Å²) in [4.78, 5) is 85.2. The molecule has 2 aliphatic rings. The van der Waals surface area contributed by atoms with Gasteiger partial charge in [0.2, 0.25) is 23.6 Å². The highest BCUT2D eigenvalue weighted by Gasteiger charge is 2.50. The number of primary amides is 1. The van der Waals surface area contributed by atoms with Crippen LogP contribution in [0.2, 0.25) is 0 Å². The van der Waals surface area contributed by atoms with E-state index in [2.05, 4.69) is 16.0 Å². The Labute approximate surface area is 285 Å². The van der Waals surface area contributed by atoms with Crippen LogP contribution < -0.4 is 21.7 Å². The maximum Gasteiger partial charge on any atom is 0.399 e. The van der Waals surface area contributed by atoms with Gasteiger partial charge in [-0.2, -0.15) is 8.78 Å². The third-order valence-electron chi connectivity index (χ3n) is 9.02. The van der Waals surface area contributed by atoms with Gasteiger partial charge in [0.05, 0.1) is 0 Å². The van der Waals surface area contributed by atoms with E-state index in [0.29, 0.717) is 32.1 Å². The molecule has 17 heteroatoms. The van der Waals surface area contributed by atoms with Gasteiger partial charge in [-0.3, -0.25) is 28.5 Å². The van der Waals surface area contributed by atoms with Crippen LogP contribution in [-0.2, 0) is 36.0 Å². The molecule has 0 bridgehead atoms. The van der Waals surface area contributed by atoms with Gasteiger partial charge in [-0.25, -0.2) is 0 Å². The molecule has 14 nitrogen and oxygen atoms in total. The van der Waals surface area contributed by atoms with Crippen LogP contribution in [0.4, 0.5) is 8.78 Å². The number of nitrogens with one attached hydrogen (secondary N) is 3. The zero-order chi connectivity index (χ0) is 36.2. The van der Waals surface area contributed by atoms with Crippen LogP contribution in [0.3, 0.4) is 0 Å². The Kier molecular flexibility index (Phi) is 11.0. The third-order valence-corrected chi connectivity index (χ3v) is 10.0. The van der Waals surface area contributed by atoms with Crippen molar-refractivity contribution in [2.75, 3.05) is 0 Å². The van der Waals surface area contributed by atoms with Gasteiger partial charge in [-0.05, 0) is 61.9 Å². The number of fused-ring (bicyclic) bond motifs is 2. The number of carbonyl (C=O) groups excluding carboxylic acids is 5. The molecule has 3 heterocycles. The number of amides is 5. The standard InChI is InChI=1S/C33H38F2N5O9P/c34-33(35,50(46,47)48)21-10-14-26-20(16-21)17-27(49-26)31(44)39-24-9-5-4-8-22-11-13-25(40(22)32(24)45)30(43)38-23(12-15-28(36)41)29(42)37-18-19-6-2-1-3-7-19/h1-3,6-7,10,14,16-17,22-25H,4-5,8-9,11-13,15,18H2,(H2,36,41)(H,37,42)(H,38,43)(H,39,44)(H2,46,47,48)/t22?,23?,24-,25+/m1/s1. The number of benzene rings is 2. The average molecular weight is 718 g/mol. The maximum absolute atomic E-state index is 14.3. The molecule has 0 radical (unpaired) electrons. The number of halogens is 2. The summed E-state index contributed by atoms with van der Waals surface area (Å²) in [5, 5.41) is 8.08. The summed E-state index contributed by atoms with van der Waals surface area (Å²) in [5.74, 6) is -3.42. The minimum atomic E-state index is -5.83. The molecule has 268 valence electrons. The molecule has 5 amide bonds. The fourth-order valence-corrected chi connectivity index (χ4v) is 6.87. The number of hydrogen-bond donors (Lipinski definition) is 6. The summed E-state index contributed by atoms with van der Waals surface area (Å²) in [6, 6.07) is 9.46. The van der Waals surface area contributed by atoms with Crippen molar-refractivity contribution in [2.45, 2.75) is 87.7 Å². The first kappa shape index (κ1) is 36.6. The lowest BCUT2D eigenvalue weighted by molar-refractivity contribution is -0.143. The van der Waals surface area contributed by atoms with Gasteiger partial charge in [-0.1, -0.05) is 43.2 Å². The molecule has 5 rings (SSSR count). The largest absolute Gasteiger partial charge is 0.451 e. The monoisotopic (exact) mass is 717 g/mol. The summed E-state index contributed by atoms with van der Waals surface area (Å²) in [6.07, 6.45) is 2.77. The predicted molar refractivity (Wildman–Crippen MR) is 174 cm³/mol. The van der Waals surface area contributed by atoms with Gasteiger partial charge >= 0.3 is 13.3 Å². The normalized spacial score (nSPS) is 20.4. The van der Waals surface area contributed by atoms with Crippen LogP contribution in [0.5, 0.6) is 0 Å². The first-order chi connectivity index (χ1) is 23.7. The van der Waals surface area contributed by atoms with Crippen molar-refractivity contribution in [3.05, 3.63) is 71.5 Å². The molecule has 2 saturated heterocycles. The summed E-state index contributed by atoms with van der Waals surface area (Å²) in [6.45, 7) is 0.187. The molecular weight excluding hydrogens is 679 g/mol. The van der Waals surface area contributed by atoms with E-state index in [0.717, 1.165) is 29.8 Å². The zero-order valence-electron chi connectivity index (χ0n) is 26.8. The molecule has 0 aliphatic carbocycles. The van der Waals surface area contributed by atoms with Crippen LogP contribution in [0, 0.1) is 0 Å². The third kappa shape index (κ3) is 8.20. The second-order valence-electron chi connectivity index (χ2n) is 12.5. The van der Waals surface area contributed by atoms with Gasteiger partial charge in [0.1, 0.15) is 23.7 Å². The summed E-state index contributed by atoms with van der Waals surface area (Å²) in [5.41, 5.74) is 0.720. The van der Waals surface area contributed by atoms with Gasteiger partial charge in [-0.15, -0.1) is 0 Å². The zero-order valence-corrected chi connectivity index (χ0v) is 27.7. The Balaban J connectivity index is 1.29. The number of alkyl halides is 2. The average Bonchev–Trinajstić information content (AvgIpc) is 3.70. The van der Waals surface area contributed by atoms with E-state index in [1.807, 2.05) is 30.3 Å². The van der Waals surface area contributed by atoms with Crippen molar-refractivity contribution in [2.24, 2.45) is 5.73 Å². The highest BCUT2D eigenvalue weighted by atomic mass is 31.2. The number of carbonyl (C=O) groups is 5. The molecule has 0 spiro atoms. The highest BCUT2D eigenvalue weighted by Crippen LogP contribution is 2.59. The minimum Gasteiger partial charge on any atom is -0.451 e. The fraction of sp³-hybridized carbons (Fsp3) is 0.424. The number of nitrogens with two attached hydrogens (primary N) is 1. The van der Waals surface area contributed by atoms with Crippen molar-refractivity contribution in [1.29, 1.82) is 0 Å². The maximum atomic E-state index is 14.3. The Morgan fingerprint density at radius 3 is 2.44 bits per heavy atom. The fourth-order valence-electron chi connectivity index (χ4n) is 6.39. The molecular formula is C33H38F2N5O9P. The molecule has 0 saturated carbocycles. The molecule has 2 aromatic carbocycles. The number of furan rings is 1. The summed E-state index contributed by atoms with van der Waals surface area (Å²) in [7, 11) is -5.83. The van der Waals surface area contributed by atoms with E-state index in [-0.39, 0.29) is 48.6 Å². The van der Waals surface area contributed by atoms with Crippen LogP contribution in [0.25, 0.3) is 11.0 Å². The van der Waals surface area contributed by atoms with Crippen LogP contribution in [0.1, 0.15) is 73.0 Å². The first-order valence-electron chi connectivity index (χ1n) is 16.2. The van der Waals surface area contributed by atoms with Crippen LogP contribution in [-0.4, -0.2) is 68.4 Å². The molecule has 7 N–H and O–H groups in total. The summed E-state index contributed by atoms with van der Waals surface area (Å²) >= 11 is 0. The Bertz CT molecular complexity index is 1820. The molecule has 2 unspecified atom stereocenters. The van der Waals surface area contributed by atoms with Crippen molar-refractivity contribution in [3.63, 3.8) is 0 Å². The van der Waals surface area contributed by atoms with Crippen LogP contribution >= 0.6 is 7.60 Å². The molecule has 2 fully saturated rings. The second-order valence-corrected chi connectivity index (χ2v) is 14.2. The van der Waals surface area contributed by atoms with Crippen LogP contribution in [0.15, 0.2) is 59.0 Å². The van der Waals surface area contributed by atoms with Gasteiger partial charge in [0.15, 0.2) is 5.76 Å². The SMILES string of the molecule is NC(=O)CCC(NC(=O)[C@@H]1CCC2CCCC[C@@H](NC(=O)c3cc4cc(C(F)(F)P(=O)(O)O)ccc4o3)C(=O)N21)C(=O)NCc1ccccc1. The Hall–Kier alpha value is -4.66. The number of nitrogens with zero attached hydrogens (tertiary/aromatic N) is 1. The lowest BCUT2D eigenvalue weighted by atomic mass is 9.98. The second kappa shape index (κ2) is 15.1. The summed E-state index contributed by atoms with van der Waals surface area (Å²) < 4.78 is 45.4. The van der Waals surface area contributed by atoms with E-state index < -0.39 is 66.5 Å². The predicted octanol–water partition coefficient (Wildman–Crippen LogP) is 2.76. The van der Waals surface area contributed by atoms with E-state index in [1.54, 1.807) is 0 Å². The minimum absolute atomic E-state index is 0.000517. The van der Waals surface area contributed by atoms with E-state index in [9.17, 15) is 37.3 Å². The van der Waals surface area contributed by atoms with Gasteiger partial charge in [0.25, 0.3) is 5.91 Å². The molecule has 3 aromatic rings. The van der Waals surface area contributed by atoms with E-state index in [1.165, 1.54) is 4.90 Å². The van der Waals surface area contributed by atoms with Crippen molar-refractivity contribution >= 4 is 48.1 Å². The van der Waals surface area contributed by atoms with Crippen molar-refractivity contribution in [3.8, 4) is 0 Å². The Morgan fingerprint density at radius 2 is 1.74 bits per heavy atom. The molecule has 50 heavy (non-hydrogen) atoms. The molecule has 4 atom stereocenters. The number of rotatable bonds is 12. The lowest BCUT2D eigenvalue weighted by Gasteiger charge is -2.35. The van der Waals surface area contributed by atoms with E-state index >= 15 is 0 Å². The molecule has 2 aliphatic heterocycles. The van der Waals surface area contributed by atoms with Gasteiger partial charge in [0, 0.05) is 30.0 Å². The quantitative estimate of drug-likeness (QED) is 0.152. The Morgan fingerprint density at radius 1 is 1.02 bits per heavy atom.